The first-order chi connectivity index (χ1) is 10.2. The van der Waals surface area contributed by atoms with E-state index >= 15 is 0 Å². The molecule has 1 amide bonds. The Morgan fingerprint density at radius 2 is 2.00 bits per heavy atom. The highest BCUT2D eigenvalue weighted by molar-refractivity contribution is 5.93. The Kier molecular flexibility index (Phi) is 4.11. The summed E-state index contributed by atoms with van der Waals surface area (Å²) in [5.74, 6) is 2.37. The first-order valence-corrected chi connectivity index (χ1v) is 7.90. The Bertz CT molecular complexity index is 535. The number of allylic oxidation sites excluding steroid dienone is 2. The predicted molar refractivity (Wildman–Crippen MR) is 85.0 cm³/mol. The van der Waals surface area contributed by atoms with Gasteiger partial charge in [-0.15, -0.1) is 0 Å². The zero-order chi connectivity index (χ0) is 14.8. The van der Waals surface area contributed by atoms with Crippen LogP contribution < -0.4 is 10.6 Å². The van der Waals surface area contributed by atoms with Crippen LogP contribution in [0.3, 0.4) is 0 Å². The normalized spacial score (nSPS) is 27.8. The van der Waals surface area contributed by atoms with Crippen LogP contribution in [0.1, 0.15) is 35.7 Å². The fourth-order valence-corrected chi connectivity index (χ4v) is 3.75. The second-order valence-electron chi connectivity index (χ2n) is 6.39. The van der Waals surface area contributed by atoms with Crippen LogP contribution in [0, 0.1) is 17.8 Å². The van der Waals surface area contributed by atoms with Crippen molar-refractivity contribution < 1.29 is 4.79 Å². The summed E-state index contributed by atoms with van der Waals surface area (Å²) in [7, 11) is 1.66. The van der Waals surface area contributed by atoms with Crippen LogP contribution in [-0.4, -0.2) is 19.0 Å². The fraction of sp³-hybridized carbons (Fsp3) is 0.500. The molecule has 2 bridgehead atoms. The zero-order valence-electron chi connectivity index (χ0n) is 12.8. The fourth-order valence-electron chi connectivity index (χ4n) is 3.75. The van der Waals surface area contributed by atoms with Crippen LogP contribution in [0.4, 0.5) is 0 Å². The molecule has 0 radical (unpaired) electrons. The van der Waals surface area contributed by atoms with E-state index in [2.05, 4.69) is 29.7 Å². The monoisotopic (exact) mass is 284 g/mol. The third-order valence-corrected chi connectivity index (χ3v) is 5.04. The molecule has 21 heavy (non-hydrogen) atoms. The minimum atomic E-state index is -0.0309. The SMILES string of the molecule is CNC(=O)c1ccc(CNC(C)C2CC3C=CC2C3)cc1. The number of benzene rings is 1. The van der Waals surface area contributed by atoms with Crippen LogP contribution in [0.15, 0.2) is 36.4 Å². The average molecular weight is 284 g/mol. The van der Waals surface area contributed by atoms with Crippen LogP contribution in [0.25, 0.3) is 0 Å². The van der Waals surface area contributed by atoms with Crippen molar-refractivity contribution in [3.8, 4) is 0 Å². The second kappa shape index (κ2) is 6.02. The van der Waals surface area contributed by atoms with E-state index in [1.807, 2.05) is 24.3 Å². The Balaban J connectivity index is 1.53. The van der Waals surface area contributed by atoms with E-state index < -0.39 is 0 Å². The molecule has 1 aromatic carbocycles. The number of fused-ring (bicyclic) bond motifs is 2. The lowest BCUT2D eigenvalue weighted by Gasteiger charge is -2.26. The quantitative estimate of drug-likeness (QED) is 0.816. The molecule has 4 atom stereocenters. The molecule has 3 rings (SSSR count). The van der Waals surface area contributed by atoms with Gasteiger partial charge in [-0.05, 0) is 55.2 Å². The van der Waals surface area contributed by atoms with Gasteiger partial charge >= 0.3 is 0 Å². The summed E-state index contributed by atoms with van der Waals surface area (Å²) in [5, 5.41) is 6.30. The molecule has 0 aromatic heterocycles. The van der Waals surface area contributed by atoms with E-state index in [1.54, 1.807) is 7.05 Å². The van der Waals surface area contributed by atoms with E-state index in [-0.39, 0.29) is 5.91 Å². The van der Waals surface area contributed by atoms with Crippen LogP contribution >= 0.6 is 0 Å². The van der Waals surface area contributed by atoms with Gasteiger partial charge in [-0.3, -0.25) is 4.79 Å². The van der Waals surface area contributed by atoms with Crippen molar-refractivity contribution in [2.45, 2.75) is 32.4 Å². The van der Waals surface area contributed by atoms with Gasteiger partial charge in [-0.1, -0.05) is 24.3 Å². The summed E-state index contributed by atoms with van der Waals surface area (Å²) >= 11 is 0. The smallest absolute Gasteiger partial charge is 0.251 e. The van der Waals surface area contributed by atoms with Crippen molar-refractivity contribution >= 4 is 5.91 Å². The Hall–Kier alpha value is -1.61. The number of carbonyl (C=O) groups is 1. The molecule has 0 aliphatic heterocycles. The Morgan fingerprint density at radius 1 is 1.24 bits per heavy atom. The lowest BCUT2D eigenvalue weighted by molar-refractivity contribution is 0.0963. The van der Waals surface area contributed by atoms with Gasteiger partial charge in [0.15, 0.2) is 0 Å². The predicted octanol–water partition coefficient (Wildman–Crippen LogP) is 2.74. The van der Waals surface area contributed by atoms with Crippen molar-refractivity contribution in [2.75, 3.05) is 7.05 Å². The lowest BCUT2D eigenvalue weighted by atomic mass is 9.87. The molecule has 1 fully saturated rings. The number of hydrogen-bond acceptors (Lipinski definition) is 2. The maximum Gasteiger partial charge on any atom is 0.251 e. The first-order valence-electron chi connectivity index (χ1n) is 7.90. The highest BCUT2D eigenvalue weighted by Crippen LogP contribution is 2.44. The minimum Gasteiger partial charge on any atom is -0.355 e. The molecule has 3 nitrogen and oxygen atoms in total. The van der Waals surface area contributed by atoms with Crippen LogP contribution in [0.5, 0.6) is 0 Å². The van der Waals surface area contributed by atoms with Crippen LogP contribution in [-0.2, 0) is 6.54 Å². The minimum absolute atomic E-state index is 0.0309. The number of carbonyl (C=O) groups excluding carboxylic acids is 1. The molecule has 0 heterocycles. The van der Waals surface area contributed by atoms with Gasteiger partial charge in [0.2, 0.25) is 0 Å². The Labute approximate surface area is 126 Å². The molecule has 0 spiro atoms. The molecule has 2 N–H and O–H groups in total. The highest BCUT2D eigenvalue weighted by atomic mass is 16.1. The van der Waals surface area contributed by atoms with Crippen molar-refractivity contribution in [3.05, 3.63) is 47.5 Å². The maximum absolute atomic E-state index is 11.5. The van der Waals surface area contributed by atoms with Crippen molar-refractivity contribution in [1.29, 1.82) is 0 Å². The summed E-state index contributed by atoms with van der Waals surface area (Å²) in [4.78, 5) is 11.5. The summed E-state index contributed by atoms with van der Waals surface area (Å²) < 4.78 is 0. The number of amides is 1. The topological polar surface area (TPSA) is 41.1 Å². The van der Waals surface area contributed by atoms with Crippen LogP contribution in [0.2, 0.25) is 0 Å². The number of hydrogen-bond donors (Lipinski definition) is 2. The largest absolute Gasteiger partial charge is 0.355 e. The van der Waals surface area contributed by atoms with Crippen molar-refractivity contribution in [3.63, 3.8) is 0 Å². The first kappa shape index (κ1) is 14.3. The molecule has 2 aliphatic carbocycles. The molecule has 2 aliphatic rings. The van der Waals surface area contributed by atoms with Gasteiger partial charge in [0.05, 0.1) is 0 Å². The summed E-state index contributed by atoms with van der Waals surface area (Å²) in [6.45, 7) is 3.17. The summed E-state index contributed by atoms with van der Waals surface area (Å²) in [5.41, 5.74) is 1.95. The molecular formula is C18H24N2O. The standard InChI is InChI=1S/C18H24N2O/c1-12(17-10-14-5-8-16(17)9-14)20-11-13-3-6-15(7-4-13)18(21)19-2/h3-8,12,14,16-17,20H,9-11H2,1-2H3,(H,19,21). The maximum atomic E-state index is 11.5. The highest BCUT2D eigenvalue weighted by Gasteiger charge is 2.38. The molecule has 4 unspecified atom stereocenters. The third kappa shape index (κ3) is 3.03. The third-order valence-electron chi connectivity index (χ3n) is 5.04. The van der Waals surface area contributed by atoms with Gasteiger partial charge in [0.1, 0.15) is 0 Å². The van der Waals surface area contributed by atoms with Gasteiger partial charge in [-0.2, -0.15) is 0 Å². The van der Waals surface area contributed by atoms with Gasteiger partial charge < -0.3 is 10.6 Å². The van der Waals surface area contributed by atoms with Gasteiger partial charge in [0.25, 0.3) is 5.91 Å². The molecule has 112 valence electrons. The summed E-state index contributed by atoms with van der Waals surface area (Å²) in [6, 6.07) is 8.39. The molecule has 3 heteroatoms. The second-order valence-corrected chi connectivity index (χ2v) is 6.39. The van der Waals surface area contributed by atoms with Gasteiger partial charge in [-0.25, -0.2) is 0 Å². The van der Waals surface area contributed by atoms with E-state index in [0.717, 1.165) is 24.3 Å². The van der Waals surface area contributed by atoms with E-state index in [1.165, 1.54) is 18.4 Å². The Morgan fingerprint density at radius 3 is 2.57 bits per heavy atom. The molecule has 0 saturated heterocycles. The molecule has 1 saturated carbocycles. The van der Waals surface area contributed by atoms with E-state index in [4.69, 9.17) is 0 Å². The number of rotatable bonds is 5. The summed E-state index contributed by atoms with van der Waals surface area (Å²) in [6.07, 6.45) is 7.50. The zero-order valence-corrected chi connectivity index (χ0v) is 12.8. The van der Waals surface area contributed by atoms with Gasteiger partial charge in [0, 0.05) is 25.2 Å². The number of nitrogens with one attached hydrogen (secondary N) is 2. The molecule has 1 aromatic rings. The van der Waals surface area contributed by atoms with Crippen molar-refractivity contribution in [1.82, 2.24) is 10.6 Å². The average Bonchev–Trinajstić information content (AvgIpc) is 3.15. The van der Waals surface area contributed by atoms with E-state index in [9.17, 15) is 4.79 Å². The molecular weight excluding hydrogens is 260 g/mol. The van der Waals surface area contributed by atoms with E-state index in [0.29, 0.717) is 11.6 Å². The van der Waals surface area contributed by atoms with Crippen molar-refractivity contribution in [2.24, 2.45) is 17.8 Å². The lowest BCUT2D eigenvalue weighted by Crippen LogP contribution is -2.35.